The third kappa shape index (κ3) is 6.43. The number of aromatic nitrogens is 3. The molecule has 1 saturated heterocycles. The second-order valence-corrected chi connectivity index (χ2v) is 10.1. The molecule has 200 valence electrons. The van der Waals surface area contributed by atoms with Gasteiger partial charge in [0.25, 0.3) is 5.91 Å². The maximum Gasteiger partial charge on any atom is 0.251 e. The number of amides is 2. The number of piperazine rings is 1. The van der Waals surface area contributed by atoms with Crippen molar-refractivity contribution in [1.82, 2.24) is 35.2 Å². The zero-order valence-corrected chi connectivity index (χ0v) is 21.6. The number of likely N-dealkylation sites (N-methyl/N-ethyl adjacent to an activating group) is 1. The lowest BCUT2D eigenvalue weighted by Gasteiger charge is -2.34. The Kier molecular flexibility index (Phi) is 8.09. The van der Waals surface area contributed by atoms with Crippen LogP contribution in [0.25, 0.3) is 5.69 Å². The fourth-order valence-electron chi connectivity index (χ4n) is 4.95. The predicted molar refractivity (Wildman–Crippen MR) is 141 cm³/mol. The molecule has 1 aliphatic heterocycles. The lowest BCUT2D eigenvalue weighted by Crippen LogP contribution is -2.54. The Morgan fingerprint density at radius 1 is 1.05 bits per heavy atom. The first-order valence-corrected chi connectivity index (χ1v) is 13.2. The van der Waals surface area contributed by atoms with Crippen LogP contribution in [0.2, 0.25) is 0 Å². The highest BCUT2D eigenvalue weighted by molar-refractivity contribution is 5.97. The van der Waals surface area contributed by atoms with Gasteiger partial charge in [0.2, 0.25) is 5.91 Å². The summed E-state index contributed by atoms with van der Waals surface area (Å²) in [5.41, 5.74) is 2.44. The van der Waals surface area contributed by atoms with Gasteiger partial charge in [0.15, 0.2) is 0 Å². The van der Waals surface area contributed by atoms with Crippen molar-refractivity contribution in [1.29, 1.82) is 0 Å². The van der Waals surface area contributed by atoms with E-state index in [9.17, 15) is 14.0 Å². The molecule has 5 rings (SSSR count). The predicted octanol–water partition coefficient (Wildman–Crippen LogP) is 2.20. The van der Waals surface area contributed by atoms with E-state index in [1.165, 1.54) is 18.5 Å². The molecule has 2 amide bonds. The minimum atomic E-state index is -0.588. The van der Waals surface area contributed by atoms with E-state index >= 15 is 0 Å². The molecule has 0 spiro atoms. The van der Waals surface area contributed by atoms with Crippen LogP contribution in [0.15, 0.2) is 61.2 Å². The first-order chi connectivity index (χ1) is 18.5. The molecule has 2 heterocycles. The smallest absolute Gasteiger partial charge is 0.251 e. The number of carbonyl (C=O) groups is 2. The van der Waals surface area contributed by atoms with Crippen LogP contribution >= 0.6 is 0 Å². The van der Waals surface area contributed by atoms with Gasteiger partial charge in [-0.25, -0.2) is 14.1 Å². The van der Waals surface area contributed by atoms with E-state index in [4.69, 9.17) is 0 Å². The Hall–Kier alpha value is -3.63. The van der Waals surface area contributed by atoms with Crippen LogP contribution in [0.5, 0.6) is 0 Å². The number of halogens is 1. The maximum absolute atomic E-state index is 13.4. The van der Waals surface area contributed by atoms with E-state index < -0.39 is 6.04 Å². The van der Waals surface area contributed by atoms with Crippen LogP contribution in [0.1, 0.15) is 41.1 Å². The lowest BCUT2D eigenvalue weighted by atomic mass is 10.1. The highest BCUT2D eigenvalue weighted by atomic mass is 19.1. The highest BCUT2D eigenvalue weighted by Gasteiger charge is 2.37. The van der Waals surface area contributed by atoms with Crippen LogP contribution in [-0.2, 0) is 4.79 Å². The van der Waals surface area contributed by atoms with Crippen molar-refractivity contribution in [2.45, 2.75) is 37.3 Å². The average molecular weight is 520 g/mol. The molecule has 1 saturated carbocycles. The summed E-state index contributed by atoms with van der Waals surface area (Å²) in [5.74, 6) is -0.114. The number of hydrogen-bond donors (Lipinski definition) is 2. The molecule has 2 aromatic carbocycles. The van der Waals surface area contributed by atoms with Crippen LogP contribution < -0.4 is 10.6 Å². The summed E-state index contributed by atoms with van der Waals surface area (Å²) in [6, 6.07) is 13.5. The van der Waals surface area contributed by atoms with E-state index in [0.29, 0.717) is 37.0 Å². The Morgan fingerprint density at radius 2 is 1.79 bits per heavy atom. The summed E-state index contributed by atoms with van der Waals surface area (Å²) in [6.07, 6.45) is 5.38. The summed E-state index contributed by atoms with van der Waals surface area (Å²) >= 11 is 0. The van der Waals surface area contributed by atoms with E-state index in [0.717, 1.165) is 43.7 Å². The average Bonchev–Trinajstić information content (AvgIpc) is 3.49. The maximum atomic E-state index is 13.4. The molecule has 3 atom stereocenters. The third-order valence-corrected chi connectivity index (χ3v) is 7.40. The summed E-state index contributed by atoms with van der Waals surface area (Å²) in [7, 11) is 2.05. The van der Waals surface area contributed by atoms with Gasteiger partial charge in [-0.15, -0.1) is 0 Å². The van der Waals surface area contributed by atoms with Crippen molar-refractivity contribution in [3.8, 4) is 5.69 Å². The van der Waals surface area contributed by atoms with E-state index in [-0.39, 0.29) is 17.6 Å². The molecule has 38 heavy (non-hydrogen) atoms. The molecule has 2 aliphatic rings. The van der Waals surface area contributed by atoms with Crippen molar-refractivity contribution < 1.29 is 14.0 Å². The molecule has 3 aromatic rings. The van der Waals surface area contributed by atoms with Gasteiger partial charge in [-0.2, -0.15) is 5.10 Å². The molecule has 2 fully saturated rings. The van der Waals surface area contributed by atoms with Crippen LogP contribution in [0.4, 0.5) is 4.39 Å². The van der Waals surface area contributed by atoms with Crippen molar-refractivity contribution in [2.24, 2.45) is 0 Å². The van der Waals surface area contributed by atoms with Crippen LogP contribution in [0.3, 0.4) is 0 Å². The Balaban J connectivity index is 1.16. The highest BCUT2D eigenvalue weighted by Crippen LogP contribution is 2.40. The van der Waals surface area contributed by atoms with Gasteiger partial charge < -0.3 is 20.4 Å². The number of nitrogens with one attached hydrogen (secondary N) is 2. The minimum Gasteiger partial charge on any atom is -0.340 e. The first kappa shape index (κ1) is 26.0. The second kappa shape index (κ2) is 11.8. The molecule has 1 aliphatic carbocycles. The first-order valence-electron chi connectivity index (χ1n) is 13.2. The van der Waals surface area contributed by atoms with Gasteiger partial charge in [-0.05, 0) is 74.8 Å². The van der Waals surface area contributed by atoms with Crippen molar-refractivity contribution >= 4 is 11.8 Å². The Bertz CT molecular complexity index is 1210. The summed E-state index contributed by atoms with van der Waals surface area (Å²) in [4.78, 5) is 34.5. The Labute approximate surface area is 222 Å². The minimum absolute atomic E-state index is 0.0266. The molecule has 10 heteroatoms. The fourth-order valence-corrected chi connectivity index (χ4v) is 4.95. The summed E-state index contributed by atoms with van der Waals surface area (Å²) in [5, 5.41) is 10.7. The van der Waals surface area contributed by atoms with Crippen LogP contribution in [0, 0.1) is 5.82 Å². The van der Waals surface area contributed by atoms with E-state index in [1.54, 1.807) is 35.3 Å². The van der Waals surface area contributed by atoms with Crippen molar-refractivity contribution in [3.05, 3.63) is 78.1 Å². The molecule has 1 aromatic heterocycles. The molecule has 0 unspecified atom stereocenters. The number of rotatable bonds is 10. The lowest BCUT2D eigenvalue weighted by molar-refractivity contribution is -0.135. The Morgan fingerprint density at radius 3 is 2.47 bits per heavy atom. The van der Waals surface area contributed by atoms with E-state index in [2.05, 4.69) is 25.6 Å². The number of benzene rings is 2. The van der Waals surface area contributed by atoms with Gasteiger partial charge in [-0.1, -0.05) is 12.1 Å². The standard InChI is InChI=1S/C28H34FN7O2/c1-34-13-15-35(16-14-34)28(38)25(3-2-12-31-26-17-24(26)20-4-8-22(29)9-5-20)33-27(37)21-6-10-23(11-7-21)36-19-30-18-32-36/h4-11,18-19,24-26,31H,2-3,12-17H2,1H3,(H,33,37)/t24-,25-,26+/m0/s1. The molecule has 0 bridgehead atoms. The molecule has 2 N–H and O–H groups in total. The number of nitrogens with zero attached hydrogens (tertiary/aromatic N) is 5. The normalized spacial score (nSPS) is 20.2. The number of carbonyl (C=O) groups excluding carboxylic acids is 2. The van der Waals surface area contributed by atoms with Gasteiger partial charge in [0.05, 0.1) is 5.69 Å². The van der Waals surface area contributed by atoms with Gasteiger partial charge >= 0.3 is 0 Å². The molecular formula is C28H34FN7O2. The largest absolute Gasteiger partial charge is 0.340 e. The van der Waals surface area contributed by atoms with Gasteiger partial charge in [0.1, 0.15) is 24.5 Å². The molecule has 0 radical (unpaired) electrons. The van der Waals surface area contributed by atoms with Crippen molar-refractivity contribution in [3.63, 3.8) is 0 Å². The quantitative estimate of drug-likeness (QED) is 0.399. The molecule has 9 nitrogen and oxygen atoms in total. The third-order valence-electron chi connectivity index (χ3n) is 7.40. The van der Waals surface area contributed by atoms with Gasteiger partial charge in [0, 0.05) is 43.7 Å². The number of hydrogen-bond acceptors (Lipinski definition) is 6. The SMILES string of the molecule is CN1CCN(C(=O)[C@H](CCCN[C@@H]2C[C@H]2c2ccc(F)cc2)NC(=O)c2ccc(-n3cncn3)cc2)CC1. The zero-order valence-electron chi connectivity index (χ0n) is 21.6. The monoisotopic (exact) mass is 519 g/mol. The molecular weight excluding hydrogens is 485 g/mol. The van der Waals surface area contributed by atoms with Gasteiger partial charge in [-0.3, -0.25) is 9.59 Å². The van der Waals surface area contributed by atoms with E-state index in [1.807, 2.05) is 24.1 Å². The topological polar surface area (TPSA) is 95.4 Å². The zero-order chi connectivity index (χ0) is 26.5. The second-order valence-electron chi connectivity index (χ2n) is 10.1. The van der Waals surface area contributed by atoms with Crippen LogP contribution in [-0.4, -0.2) is 88.2 Å². The fraction of sp³-hybridized carbons (Fsp3) is 0.429. The summed E-state index contributed by atoms with van der Waals surface area (Å²) in [6.45, 7) is 3.72. The van der Waals surface area contributed by atoms with Crippen molar-refractivity contribution in [2.75, 3.05) is 39.8 Å². The summed E-state index contributed by atoms with van der Waals surface area (Å²) < 4.78 is 14.8.